The minimum atomic E-state index is -0.461. The number of nitrogens with one attached hydrogen (secondary N) is 1. The van der Waals surface area contributed by atoms with E-state index >= 15 is 0 Å². The van der Waals surface area contributed by atoms with Crippen LogP contribution in [0.15, 0.2) is 34.9 Å². The highest BCUT2D eigenvalue weighted by atomic mass is 16.7. The van der Waals surface area contributed by atoms with E-state index < -0.39 is 5.41 Å². The van der Waals surface area contributed by atoms with Crippen molar-refractivity contribution in [3.05, 3.63) is 36.1 Å². The number of carbonyl (C=O) groups is 1. The van der Waals surface area contributed by atoms with E-state index in [1.165, 1.54) is 0 Å². The Hall–Kier alpha value is -1.79. The summed E-state index contributed by atoms with van der Waals surface area (Å²) in [6.45, 7) is 14.0. The molecule has 1 aliphatic rings. The fraction of sp³-hybridized carbons (Fsp3) is 0.591. The number of benzene rings is 1. The highest BCUT2D eigenvalue weighted by Gasteiger charge is 2.50. The number of carbonyl (C=O) groups excluding carboxylic acids is 1. The second kappa shape index (κ2) is 7.23. The van der Waals surface area contributed by atoms with Crippen LogP contribution in [0.5, 0.6) is 0 Å². The fourth-order valence-electron chi connectivity index (χ4n) is 3.27. The molecular formula is C22H32BNO4. The highest BCUT2D eigenvalue weighted by molar-refractivity contribution is 6.45. The molecule has 1 aromatic heterocycles. The Morgan fingerprint density at radius 2 is 1.75 bits per heavy atom. The lowest BCUT2D eigenvalue weighted by Crippen LogP contribution is -2.41. The lowest BCUT2D eigenvalue weighted by molar-refractivity contribution is -0.129. The third-order valence-electron chi connectivity index (χ3n) is 5.86. The van der Waals surface area contributed by atoms with E-state index in [4.69, 9.17) is 13.7 Å². The second-order valence-electron chi connectivity index (χ2n) is 9.76. The Bertz CT molecular complexity index is 834. The largest absolute Gasteiger partial charge is 0.464 e. The molecule has 1 aromatic carbocycles. The molecule has 1 fully saturated rings. The van der Waals surface area contributed by atoms with E-state index in [0.29, 0.717) is 12.7 Å². The van der Waals surface area contributed by atoms with Crippen LogP contribution < -0.4 is 5.32 Å². The summed E-state index contributed by atoms with van der Waals surface area (Å²) >= 11 is 0. The maximum absolute atomic E-state index is 12.7. The maximum atomic E-state index is 12.7. The average Bonchev–Trinajstić information content (AvgIpc) is 3.11. The molecule has 0 saturated carbocycles. The second-order valence-corrected chi connectivity index (χ2v) is 9.76. The van der Waals surface area contributed by atoms with Gasteiger partial charge in [-0.05, 0) is 58.1 Å². The summed E-state index contributed by atoms with van der Waals surface area (Å²) in [6.07, 6.45) is 3.09. The zero-order valence-electron chi connectivity index (χ0n) is 18.1. The highest BCUT2D eigenvalue weighted by Crippen LogP contribution is 2.39. The van der Waals surface area contributed by atoms with Crippen molar-refractivity contribution in [2.45, 2.75) is 78.5 Å². The van der Waals surface area contributed by atoms with Crippen molar-refractivity contribution in [3.63, 3.8) is 0 Å². The van der Waals surface area contributed by atoms with E-state index in [1.807, 2.05) is 39.0 Å². The molecular weight excluding hydrogens is 353 g/mol. The Kier molecular flexibility index (Phi) is 5.41. The molecule has 2 aromatic rings. The lowest BCUT2D eigenvalue weighted by atomic mass is 9.80. The third kappa shape index (κ3) is 4.28. The number of fused-ring (bicyclic) bond motifs is 1. The van der Waals surface area contributed by atoms with E-state index in [0.717, 1.165) is 16.5 Å². The van der Waals surface area contributed by atoms with Gasteiger partial charge in [0, 0.05) is 10.8 Å². The molecule has 152 valence electrons. The molecule has 5 nitrogen and oxygen atoms in total. The van der Waals surface area contributed by atoms with Crippen LogP contribution in [0, 0.1) is 5.41 Å². The van der Waals surface area contributed by atoms with Gasteiger partial charge in [0.2, 0.25) is 5.91 Å². The van der Waals surface area contributed by atoms with Gasteiger partial charge in [-0.15, -0.1) is 0 Å². The first-order valence-corrected chi connectivity index (χ1v) is 10.0. The van der Waals surface area contributed by atoms with Crippen molar-refractivity contribution in [3.8, 4) is 0 Å². The van der Waals surface area contributed by atoms with Gasteiger partial charge in [-0.2, -0.15) is 0 Å². The molecule has 0 unspecified atom stereocenters. The van der Waals surface area contributed by atoms with Crippen molar-refractivity contribution < 1.29 is 18.5 Å². The van der Waals surface area contributed by atoms with Crippen LogP contribution in [-0.2, 0) is 14.1 Å². The molecule has 6 heteroatoms. The van der Waals surface area contributed by atoms with Gasteiger partial charge in [-0.25, -0.2) is 0 Å². The summed E-state index contributed by atoms with van der Waals surface area (Å²) in [6, 6.07) is 7.88. The van der Waals surface area contributed by atoms with Gasteiger partial charge in [0.25, 0.3) is 0 Å². The molecule has 1 aliphatic heterocycles. The van der Waals surface area contributed by atoms with Gasteiger partial charge in [-0.3, -0.25) is 4.79 Å². The first kappa shape index (κ1) is 20.9. The van der Waals surface area contributed by atoms with Crippen molar-refractivity contribution >= 4 is 24.0 Å². The molecule has 0 aliphatic carbocycles. The molecule has 1 atom stereocenters. The monoisotopic (exact) mass is 385 g/mol. The van der Waals surface area contributed by atoms with E-state index in [-0.39, 0.29) is 30.3 Å². The van der Waals surface area contributed by atoms with Crippen LogP contribution in [0.4, 0.5) is 0 Å². The third-order valence-corrected chi connectivity index (χ3v) is 5.86. The topological polar surface area (TPSA) is 60.7 Å². The quantitative estimate of drug-likeness (QED) is 0.726. The van der Waals surface area contributed by atoms with Gasteiger partial charge >= 0.3 is 7.12 Å². The van der Waals surface area contributed by atoms with Gasteiger partial charge in [-0.1, -0.05) is 32.9 Å². The molecule has 1 N–H and O–H groups in total. The number of amides is 1. The van der Waals surface area contributed by atoms with Crippen molar-refractivity contribution in [2.24, 2.45) is 5.41 Å². The zero-order valence-corrected chi connectivity index (χ0v) is 18.1. The van der Waals surface area contributed by atoms with Crippen molar-refractivity contribution in [1.29, 1.82) is 0 Å². The van der Waals surface area contributed by atoms with Crippen LogP contribution in [0.2, 0.25) is 6.32 Å². The maximum Gasteiger partial charge on any atom is 0.457 e. The predicted octanol–water partition coefficient (Wildman–Crippen LogP) is 5.12. The van der Waals surface area contributed by atoms with Crippen LogP contribution in [0.1, 0.15) is 66.5 Å². The first-order valence-electron chi connectivity index (χ1n) is 10.0. The minimum Gasteiger partial charge on any atom is -0.464 e. The normalized spacial score (nSPS) is 19.8. The van der Waals surface area contributed by atoms with Gasteiger partial charge in [0.1, 0.15) is 5.58 Å². The van der Waals surface area contributed by atoms with Crippen molar-refractivity contribution in [2.75, 3.05) is 0 Å². The average molecular weight is 385 g/mol. The summed E-state index contributed by atoms with van der Waals surface area (Å²) in [4.78, 5) is 12.7. The number of furan rings is 1. The van der Waals surface area contributed by atoms with E-state index in [9.17, 15) is 4.79 Å². The molecule has 0 bridgehead atoms. The number of rotatable bonds is 5. The van der Waals surface area contributed by atoms with E-state index in [1.54, 1.807) is 6.26 Å². The molecule has 0 radical (unpaired) electrons. The zero-order chi connectivity index (χ0) is 20.7. The van der Waals surface area contributed by atoms with Crippen LogP contribution in [-0.4, -0.2) is 24.2 Å². The Balaban J connectivity index is 1.77. The van der Waals surface area contributed by atoms with Crippen LogP contribution in [0.3, 0.4) is 0 Å². The Morgan fingerprint density at radius 1 is 1.11 bits per heavy atom. The molecule has 1 amide bonds. The summed E-state index contributed by atoms with van der Waals surface area (Å²) in [5.41, 5.74) is 0.681. The predicted molar refractivity (Wildman–Crippen MR) is 112 cm³/mol. The standard InChI is InChI=1S/C22H32BNO4/c1-20(2,3)19(25)24-17(16-9-8-15-11-13-26-18(15)14-16)10-12-23-27-21(4,5)22(6,7)28-23/h8-9,11,13-14,17H,10,12H2,1-7H3,(H,24,25)/t17-/m0/s1. The molecule has 3 rings (SSSR count). The summed E-state index contributed by atoms with van der Waals surface area (Å²) in [5, 5.41) is 4.26. The smallest absolute Gasteiger partial charge is 0.457 e. The number of hydrogen-bond donors (Lipinski definition) is 1. The number of hydrogen-bond acceptors (Lipinski definition) is 4. The molecule has 28 heavy (non-hydrogen) atoms. The van der Waals surface area contributed by atoms with Gasteiger partial charge in [0.15, 0.2) is 0 Å². The van der Waals surface area contributed by atoms with Gasteiger partial charge < -0.3 is 19.0 Å². The van der Waals surface area contributed by atoms with Crippen LogP contribution >= 0.6 is 0 Å². The summed E-state index contributed by atoms with van der Waals surface area (Å²) < 4.78 is 17.8. The lowest BCUT2D eigenvalue weighted by Gasteiger charge is -2.32. The van der Waals surface area contributed by atoms with E-state index in [2.05, 4.69) is 39.1 Å². The molecule has 1 saturated heterocycles. The minimum absolute atomic E-state index is 0.0194. The first-order chi connectivity index (χ1) is 12.9. The summed E-state index contributed by atoms with van der Waals surface area (Å²) in [7, 11) is -0.286. The Labute approximate surface area is 168 Å². The van der Waals surface area contributed by atoms with Crippen LogP contribution in [0.25, 0.3) is 11.0 Å². The molecule has 2 heterocycles. The SMILES string of the molecule is CC(C)(C)C(=O)N[C@@H](CCB1OC(C)(C)C(C)(C)O1)c1ccc2ccoc2c1. The summed E-state index contributed by atoms with van der Waals surface area (Å²) in [5.74, 6) is 0.0194. The molecule has 0 spiro atoms. The fourth-order valence-corrected chi connectivity index (χ4v) is 3.27. The Morgan fingerprint density at radius 3 is 2.36 bits per heavy atom. The van der Waals surface area contributed by atoms with Gasteiger partial charge in [0.05, 0.1) is 23.5 Å². The van der Waals surface area contributed by atoms with Crippen molar-refractivity contribution in [1.82, 2.24) is 5.32 Å².